The maximum atomic E-state index is 13.9. The summed E-state index contributed by atoms with van der Waals surface area (Å²) in [5.41, 5.74) is 2.57. The van der Waals surface area contributed by atoms with Gasteiger partial charge in [-0.3, -0.25) is 14.5 Å². The maximum absolute atomic E-state index is 13.9. The van der Waals surface area contributed by atoms with Gasteiger partial charge in [-0.15, -0.1) is 0 Å². The summed E-state index contributed by atoms with van der Waals surface area (Å²) in [6.07, 6.45) is 1.19. The lowest BCUT2D eigenvalue weighted by atomic mass is 9.83. The zero-order valence-electron chi connectivity index (χ0n) is 20.0. The molecule has 5 nitrogen and oxygen atoms in total. The molecule has 34 heavy (non-hydrogen) atoms. The van der Waals surface area contributed by atoms with Crippen LogP contribution < -0.4 is 5.32 Å². The van der Waals surface area contributed by atoms with Crippen molar-refractivity contribution in [2.45, 2.75) is 39.2 Å². The van der Waals surface area contributed by atoms with E-state index < -0.39 is 5.54 Å². The molecule has 174 valence electrons. The minimum absolute atomic E-state index is 0.0235. The highest BCUT2D eigenvalue weighted by atomic mass is 16.2. The number of hydrogen-bond donors (Lipinski definition) is 1. The molecule has 0 saturated heterocycles. The summed E-state index contributed by atoms with van der Waals surface area (Å²) in [6.45, 7) is 6.49. The number of aliphatic imine (C=N–C) groups is 1. The van der Waals surface area contributed by atoms with E-state index in [4.69, 9.17) is 4.99 Å². The molecule has 0 aromatic heterocycles. The number of nitrogens with one attached hydrogen (secondary N) is 1. The van der Waals surface area contributed by atoms with Gasteiger partial charge >= 0.3 is 0 Å². The number of carbonyl (C=O) groups excluding carboxylic acids is 2. The summed E-state index contributed by atoms with van der Waals surface area (Å²) >= 11 is 0. The van der Waals surface area contributed by atoms with Gasteiger partial charge in [-0.2, -0.15) is 0 Å². The van der Waals surface area contributed by atoms with Crippen LogP contribution in [0.4, 0.5) is 5.69 Å². The first kappa shape index (κ1) is 23.4. The Kier molecular flexibility index (Phi) is 6.92. The molecule has 0 bridgehead atoms. The predicted octanol–water partition coefficient (Wildman–Crippen LogP) is 5.42. The fourth-order valence-electron chi connectivity index (χ4n) is 4.44. The smallest absolute Gasteiger partial charge is 0.265 e. The molecule has 1 N–H and O–H groups in total. The molecular weight excluding hydrogens is 422 g/mol. The van der Waals surface area contributed by atoms with Crippen LogP contribution in [0.5, 0.6) is 0 Å². The zero-order valence-corrected chi connectivity index (χ0v) is 20.0. The van der Waals surface area contributed by atoms with Gasteiger partial charge in [-0.25, -0.2) is 4.99 Å². The molecule has 1 heterocycles. The topological polar surface area (TPSA) is 61.8 Å². The summed E-state index contributed by atoms with van der Waals surface area (Å²) in [4.78, 5) is 32.6. The van der Waals surface area contributed by atoms with E-state index in [-0.39, 0.29) is 11.8 Å². The highest BCUT2D eigenvalue weighted by Gasteiger charge is 2.49. The second kappa shape index (κ2) is 10.0. The number of nitrogens with zero attached hydrogens (tertiary/aromatic N) is 2. The van der Waals surface area contributed by atoms with Gasteiger partial charge in [0.25, 0.3) is 5.91 Å². The highest BCUT2D eigenvalue weighted by molar-refractivity contribution is 6.09. The van der Waals surface area contributed by atoms with Gasteiger partial charge in [0.05, 0.1) is 0 Å². The van der Waals surface area contributed by atoms with Crippen LogP contribution in [0.15, 0.2) is 89.9 Å². The van der Waals surface area contributed by atoms with Crippen molar-refractivity contribution in [3.05, 3.63) is 102 Å². The molecule has 4 rings (SSSR count). The molecule has 0 fully saturated rings. The number of amides is 2. The summed E-state index contributed by atoms with van der Waals surface area (Å²) in [5, 5.41) is 2.94. The zero-order chi connectivity index (χ0) is 24.1. The highest BCUT2D eigenvalue weighted by Crippen LogP contribution is 2.40. The van der Waals surface area contributed by atoms with Crippen LogP contribution in [0.1, 0.15) is 43.9 Å². The normalized spacial score (nSPS) is 14.9. The van der Waals surface area contributed by atoms with Crippen LogP contribution in [-0.4, -0.2) is 29.1 Å². The molecule has 0 spiro atoms. The Morgan fingerprint density at radius 3 is 2.00 bits per heavy atom. The molecule has 1 aliphatic rings. The quantitative estimate of drug-likeness (QED) is 0.495. The lowest BCUT2D eigenvalue weighted by Crippen LogP contribution is -2.42. The molecule has 0 atom stereocenters. The standard InChI is InChI=1S/C29H31N3O2/c1-21(2)20-27(33)30-26-16-14-23(15-17-26)18-19-32-22(3)31-29(28(32)34,24-10-6-4-7-11-24)25-12-8-5-9-13-25/h4-17,21H,18-20H2,1-3H3,(H,30,33). The Balaban J connectivity index is 1.51. The summed E-state index contributed by atoms with van der Waals surface area (Å²) in [7, 11) is 0. The van der Waals surface area contributed by atoms with Crippen LogP contribution >= 0.6 is 0 Å². The number of anilines is 1. The van der Waals surface area contributed by atoms with E-state index in [2.05, 4.69) is 5.32 Å². The van der Waals surface area contributed by atoms with Crippen LogP contribution in [0.3, 0.4) is 0 Å². The Morgan fingerprint density at radius 2 is 1.47 bits per heavy atom. The van der Waals surface area contributed by atoms with Crippen molar-refractivity contribution in [1.29, 1.82) is 0 Å². The second-order valence-electron chi connectivity index (χ2n) is 9.15. The van der Waals surface area contributed by atoms with Gasteiger partial charge in [0.15, 0.2) is 5.54 Å². The summed E-state index contributed by atoms with van der Waals surface area (Å²) in [5.74, 6) is 1.03. The SMILES string of the molecule is CC1=NC(c2ccccc2)(c2ccccc2)C(=O)N1CCc1ccc(NC(=O)CC(C)C)cc1. The van der Waals surface area contributed by atoms with Crippen LogP contribution in [-0.2, 0) is 21.5 Å². The lowest BCUT2D eigenvalue weighted by molar-refractivity contribution is -0.130. The molecule has 0 aliphatic carbocycles. The fourth-order valence-corrected chi connectivity index (χ4v) is 4.44. The van der Waals surface area contributed by atoms with Gasteiger partial charge in [0.1, 0.15) is 5.84 Å². The molecule has 0 unspecified atom stereocenters. The molecule has 5 heteroatoms. The Hall–Kier alpha value is -3.73. The van der Waals surface area contributed by atoms with Crippen LogP contribution in [0.2, 0.25) is 0 Å². The number of amidine groups is 1. The third-order valence-electron chi connectivity index (χ3n) is 6.11. The van der Waals surface area contributed by atoms with Crippen molar-refractivity contribution < 1.29 is 9.59 Å². The lowest BCUT2D eigenvalue weighted by Gasteiger charge is -2.27. The number of carbonyl (C=O) groups is 2. The van der Waals surface area contributed by atoms with E-state index in [0.29, 0.717) is 25.3 Å². The van der Waals surface area contributed by atoms with Crippen molar-refractivity contribution in [1.82, 2.24) is 4.90 Å². The average Bonchev–Trinajstić information content (AvgIpc) is 3.09. The van der Waals surface area contributed by atoms with Gasteiger partial charge in [0, 0.05) is 18.7 Å². The van der Waals surface area contributed by atoms with Gasteiger partial charge in [-0.1, -0.05) is 86.6 Å². The van der Waals surface area contributed by atoms with Gasteiger partial charge < -0.3 is 5.32 Å². The molecule has 3 aromatic rings. The van der Waals surface area contributed by atoms with E-state index in [1.807, 2.05) is 106 Å². The number of hydrogen-bond acceptors (Lipinski definition) is 3. The minimum atomic E-state index is -1.06. The first-order chi connectivity index (χ1) is 16.4. The fraction of sp³-hybridized carbons (Fsp3) is 0.276. The third-order valence-corrected chi connectivity index (χ3v) is 6.11. The molecule has 2 amide bonds. The second-order valence-corrected chi connectivity index (χ2v) is 9.15. The van der Waals surface area contributed by atoms with Crippen molar-refractivity contribution >= 4 is 23.3 Å². The molecular formula is C29H31N3O2. The minimum Gasteiger partial charge on any atom is -0.326 e. The first-order valence-corrected chi connectivity index (χ1v) is 11.8. The van der Waals surface area contributed by atoms with E-state index in [1.54, 1.807) is 4.90 Å². The van der Waals surface area contributed by atoms with E-state index in [9.17, 15) is 9.59 Å². The Morgan fingerprint density at radius 1 is 0.912 bits per heavy atom. The third kappa shape index (κ3) is 4.79. The average molecular weight is 454 g/mol. The Bertz CT molecular complexity index is 1130. The van der Waals surface area contributed by atoms with E-state index in [1.165, 1.54) is 0 Å². The number of benzene rings is 3. The largest absolute Gasteiger partial charge is 0.326 e. The molecule has 3 aromatic carbocycles. The molecule has 0 saturated carbocycles. The van der Waals surface area contributed by atoms with Gasteiger partial charge in [0.2, 0.25) is 5.91 Å². The summed E-state index contributed by atoms with van der Waals surface area (Å²) < 4.78 is 0. The maximum Gasteiger partial charge on any atom is 0.265 e. The van der Waals surface area contributed by atoms with Crippen molar-refractivity contribution in [2.24, 2.45) is 10.9 Å². The summed E-state index contributed by atoms with van der Waals surface area (Å²) in [6, 6.07) is 27.4. The molecule has 0 radical (unpaired) electrons. The van der Waals surface area contributed by atoms with Crippen LogP contribution in [0.25, 0.3) is 0 Å². The van der Waals surface area contributed by atoms with Crippen molar-refractivity contribution in [2.75, 3.05) is 11.9 Å². The predicted molar refractivity (Wildman–Crippen MR) is 137 cm³/mol. The molecule has 1 aliphatic heterocycles. The number of rotatable bonds is 8. The first-order valence-electron chi connectivity index (χ1n) is 11.8. The Labute approximate surface area is 201 Å². The van der Waals surface area contributed by atoms with Crippen molar-refractivity contribution in [3.63, 3.8) is 0 Å². The van der Waals surface area contributed by atoms with E-state index in [0.717, 1.165) is 28.2 Å². The van der Waals surface area contributed by atoms with Gasteiger partial charge in [-0.05, 0) is 48.1 Å². The monoisotopic (exact) mass is 453 g/mol. The van der Waals surface area contributed by atoms with E-state index >= 15 is 0 Å². The van der Waals surface area contributed by atoms with Crippen molar-refractivity contribution in [3.8, 4) is 0 Å². The van der Waals surface area contributed by atoms with Crippen LogP contribution in [0, 0.1) is 5.92 Å².